The van der Waals surface area contributed by atoms with Crippen molar-refractivity contribution in [2.75, 3.05) is 0 Å². The molecule has 0 saturated heterocycles. The van der Waals surface area contributed by atoms with E-state index in [4.69, 9.17) is 0 Å². The van der Waals surface area contributed by atoms with Crippen LogP contribution < -0.4 is 0 Å². The molecular weight excluding hydrogens is 752 g/mol. The molecule has 4 aliphatic rings. The monoisotopic (exact) mass is 794 g/mol. The summed E-state index contributed by atoms with van der Waals surface area (Å²) in [5.74, 6) is 4.28. The molecule has 1 aromatic heterocycles. The van der Waals surface area contributed by atoms with Crippen molar-refractivity contribution >= 4 is 76.9 Å². The van der Waals surface area contributed by atoms with E-state index in [1.54, 1.807) is 5.56 Å². The van der Waals surface area contributed by atoms with Crippen LogP contribution in [0.3, 0.4) is 0 Å². The summed E-state index contributed by atoms with van der Waals surface area (Å²) >= 11 is 0.243. The van der Waals surface area contributed by atoms with Crippen LogP contribution >= 0.6 is 0 Å². The van der Waals surface area contributed by atoms with Crippen molar-refractivity contribution in [3.8, 4) is 33.4 Å². The Balaban J connectivity index is 1.08. The molecule has 0 radical (unpaired) electrons. The molecule has 0 aliphatic heterocycles. The maximum absolute atomic E-state index is 2.55. The first-order valence-electron chi connectivity index (χ1n) is 21.1. The number of rotatable bonds is 4. The molecule has 0 N–H and O–H groups in total. The van der Waals surface area contributed by atoms with Crippen LogP contribution in [0.1, 0.15) is 43.6 Å². The summed E-state index contributed by atoms with van der Waals surface area (Å²) in [6, 6.07) is 62.7. The van der Waals surface area contributed by atoms with Crippen LogP contribution in [0.2, 0.25) is 0 Å². The predicted molar refractivity (Wildman–Crippen MR) is 245 cm³/mol. The molecule has 4 saturated carbocycles. The Morgan fingerprint density at radius 1 is 0.351 bits per heavy atom. The summed E-state index contributed by atoms with van der Waals surface area (Å²) in [5.41, 5.74) is 9.69. The van der Waals surface area contributed by atoms with E-state index >= 15 is 0 Å². The Morgan fingerprint density at radius 3 is 1.40 bits per heavy atom. The maximum atomic E-state index is 2.55. The van der Waals surface area contributed by atoms with E-state index in [1.165, 1.54) is 128 Å². The van der Waals surface area contributed by atoms with Crippen molar-refractivity contribution in [3.05, 3.63) is 169 Å². The summed E-state index contributed by atoms with van der Waals surface area (Å²) < 4.78 is 2.99. The standard InChI is InChI=1S/C56H42Se/c1-2-13-35(14-3-1)52-39-15-4-6-17-41(39)53(42-18-7-5-16-40(42)52)36-25-26-49-48(32-36)55-47(23-12-24-50(55)57-49)54-43-19-8-10-21-45(43)56(46-22-11-9-20-44(46)54)51-37-28-33-27-34(30-37)31-38(51)29-33/h1-26,32-34,37-38,51H,27-31H2. The van der Waals surface area contributed by atoms with Gasteiger partial charge < -0.3 is 0 Å². The van der Waals surface area contributed by atoms with E-state index in [0.29, 0.717) is 5.92 Å². The van der Waals surface area contributed by atoms with Crippen molar-refractivity contribution in [2.24, 2.45) is 23.7 Å². The summed E-state index contributed by atoms with van der Waals surface area (Å²) in [7, 11) is 0. The zero-order chi connectivity index (χ0) is 37.2. The molecule has 0 nitrogen and oxygen atoms in total. The second-order valence-corrected chi connectivity index (χ2v) is 19.8. The van der Waals surface area contributed by atoms with E-state index in [1.807, 2.05) is 0 Å². The van der Waals surface area contributed by atoms with Gasteiger partial charge in [-0.1, -0.05) is 0 Å². The van der Waals surface area contributed by atoms with Crippen molar-refractivity contribution in [1.82, 2.24) is 0 Å². The van der Waals surface area contributed by atoms with Crippen molar-refractivity contribution in [2.45, 2.75) is 38.0 Å². The first-order valence-corrected chi connectivity index (χ1v) is 22.9. The van der Waals surface area contributed by atoms with Crippen molar-refractivity contribution < 1.29 is 0 Å². The van der Waals surface area contributed by atoms with Gasteiger partial charge in [0.25, 0.3) is 0 Å². The summed E-state index contributed by atoms with van der Waals surface area (Å²) in [6.45, 7) is 0. The van der Waals surface area contributed by atoms with Gasteiger partial charge in [0.1, 0.15) is 0 Å². The number of benzene rings is 9. The van der Waals surface area contributed by atoms with Crippen LogP contribution in [0.15, 0.2) is 164 Å². The molecule has 14 rings (SSSR count). The van der Waals surface area contributed by atoms with E-state index in [-0.39, 0.29) is 14.5 Å². The van der Waals surface area contributed by atoms with Gasteiger partial charge in [0.05, 0.1) is 0 Å². The zero-order valence-electron chi connectivity index (χ0n) is 31.9. The molecular formula is C56H42Se. The molecule has 57 heavy (non-hydrogen) atoms. The van der Waals surface area contributed by atoms with Crippen LogP contribution in [0.25, 0.3) is 95.8 Å². The molecule has 0 spiro atoms. The third-order valence-corrected chi connectivity index (χ3v) is 17.0. The van der Waals surface area contributed by atoms with Gasteiger partial charge in [0, 0.05) is 0 Å². The second-order valence-electron chi connectivity index (χ2n) is 17.5. The van der Waals surface area contributed by atoms with Crippen LogP contribution in [0.4, 0.5) is 0 Å². The minimum absolute atomic E-state index is 0.243. The topological polar surface area (TPSA) is 0 Å². The molecule has 4 bridgehead atoms. The fourth-order valence-electron chi connectivity index (χ4n) is 12.8. The van der Waals surface area contributed by atoms with Crippen LogP contribution in [-0.2, 0) is 0 Å². The molecule has 0 unspecified atom stereocenters. The van der Waals surface area contributed by atoms with Crippen molar-refractivity contribution in [1.29, 1.82) is 0 Å². The molecule has 4 aliphatic carbocycles. The Labute approximate surface area is 339 Å². The Morgan fingerprint density at radius 2 is 0.842 bits per heavy atom. The average Bonchev–Trinajstić information content (AvgIpc) is 3.63. The van der Waals surface area contributed by atoms with E-state index < -0.39 is 0 Å². The van der Waals surface area contributed by atoms with Gasteiger partial charge in [0.15, 0.2) is 0 Å². The third kappa shape index (κ3) is 4.80. The van der Waals surface area contributed by atoms with Crippen molar-refractivity contribution in [3.63, 3.8) is 0 Å². The number of hydrogen-bond acceptors (Lipinski definition) is 0. The Kier molecular flexibility index (Phi) is 7.16. The molecule has 4 fully saturated rings. The van der Waals surface area contributed by atoms with Gasteiger partial charge in [-0.15, -0.1) is 0 Å². The van der Waals surface area contributed by atoms with Gasteiger partial charge in [0.2, 0.25) is 0 Å². The van der Waals surface area contributed by atoms with E-state index in [2.05, 4.69) is 164 Å². The van der Waals surface area contributed by atoms with E-state index in [9.17, 15) is 0 Å². The van der Waals surface area contributed by atoms with E-state index in [0.717, 1.165) is 23.7 Å². The fraction of sp³-hybridized carbons (Fsp3) is 0.179. The molecule has 0 amide bonds. The van der Waals surface area contributed by atoms with Gasteiger partial charge >= 0.3 is 341 Å². The SMILES string of the molecule is c1ccc(-c2c3ccccc3c(-c3ccc4[se]c5cccc(-c6c7ccccc7c(C7C8CC9CC(C8)CC7C9)c7ccccc67)c5c4c3)c3ccccc23)cc1. The summed E-state index contributed by atoms with van der Waals surface area (Å²) in [6.07, 6.45) is 7.25. The minimum atomic E-state index is 0.243. The fourth-order valence-corrected chi connectivity index (χ4v) is 15.1. The molecule has 9 aromatic carbocycles. The predicted octanol–water partition coefficient (Wildman–Crippen LogP) is 15.2. The van der Waals surface area contributed by atoms with Crippen LogP contribution in [0.5, 0.6) is 0 Å². The molecule has 10 aromatic rings. The van der Waals surface area contributed by atoms with Gasteiger partial charge in [-0.25, -0.2) is 0 Å². The molecule has 1 heteroatoms. The molecule has 1 heterocycles. The quantitative estimate of drug-likeness (QED) is 0.123. The van der Waals surface area contributed by atoms with Gasteiger partial charge in [-0.2, -0.15) is 0 Å². The average molecular weight is 794 g/mol. The zero-order valence-corrected chi connectivity index (χ0v) is 33.6. The normalized spacial score (nSPS) is 21.5. The molecule has 272 valence electrons. The Hall–Kier alpha value is -5.46. The third-order valence-electron chi connectivity index (χ3n) is 14.6. The molecule has 0 atom stereocenters. The number of fused-ring (bicyclic) bond motifs is 7. The second kappa shape index (κ2) is 12.5. The summed E-state index contributed by atoms with van der Waals surface area (Å²) in [5, 5.41) is 13.9. The number of hydrogen-bond donors (Lipinski definition) is 0. The Bertz CT molecular complexity index is 3110. The summed E-state index contributed by atoms with van der Waals surface area (Å²) in [4.78, 5) is 0. The first kappa shape index (κ1) is 32.6. The van der Waals surface area contributed by atoms with Gasteiger partial charge in [-0.3, -0.25) is 0 Å². The van der Waals surface area contributed by atoms with Gasteiger partial charge in [-0.05, 0) is 0 Å². The van der Waals surface area contributed by atoms with Crippen LogP contribution in [-0.4, -0.2) is 14.5 Å². The first-order chi connectivity index (χ1) is 28.3. The van der Waals surface area contributed by atoms with Crippen LogP contribution in [0, 0.1) is 23.7 Å².